The molecule has 2 N–H and O–H groups in total. The molecular formula is C22H24N4O2. The number of urea groups is 1. The number of amides is 2. The lowest BCUT2D eigenvalue weighted by Crippen LogP contribution is -2.52. The average molecular weight is 376 g/mol. The summed E-state index contributed by atoms with van der Waals surface area (Å²) in [5.74, 6) is 0.973. The van der Waals surface area contributed by atoms with Crippen LogP contribution in [-0.2, 0) is 6.42 Å². The van der Waals surface area contributed by atoms with Gasteiger partial charge in [-0.25, -0.2) is 9.31 Å². The van der Waals surface area contributed by atoms with Crippen LogP contribution in [-0.4, -0.2) is 39.2 Å². The zero-order chi connectivity index (χ0) is 19.3. The number of likely N-dealkylation sites (tertiary alicyclic amines) is 1. The lowest BCUT2D eigenvalue weighted by molar-refractivity contribution is -0.00471. The summed E-state index contributed by atoms with van der Waals surface area (Å²) in [6.45, 7) is 3.45. The maximum absolute atomic E-state index is 11.4. The Morgan fingerprint density at radius 3 is 2.75 bits per heavy atom. The van der Waals surface area contributed by atoms with Crippen molar-refractivity contribution < 1.29 is 9.53 Å². The van der Waals surface area contributed by atoms with Gasteiger partial charge < -0.3 is 15.4 Å². The molecule has 2 amide bonds. The molecule has 4 heterocycles. The molecule has 6 nitrogen and oxygen atoms in total. The fourth-order valence-electron chi connectivity index (χ4n) is 4.60. The number of hydrogen-bond donors (Lipinski definition) is 1. The van der Waals surface area contributed by atoms with Crippen molar-refractivity contribution in [1.29, 1.82) is 0 Å². The number of fused-ring (bicyclic) bond motifs is 2. The number of aromatic nitrogens is 2. The molecule has 1 fully saturated rings. The third kappa shape index (κ3) is 2.71. The van der Waals surface area contributed by atoms with Crippen LogP contribution in [0.1, 0.15) is 30.5 Å². The smallest absolute Gasteiger partial charge is 0.314 e. The van der Waals surface area contributed by atoms with E-state index in [1.54, 1.807) is 4.90 Å². The number of rotatable bonds is 1. The van der Waals surface area contributed by atoms with Crippen LogP contribution in [0.4, 0.5) is 4.79 Å². The molecule has 3 aromatic rings. The van der Waals surface area contributed by atoms with Crippen LogP contribution in [0.2, 0.25) is 0 Å². The molecule has 144 valence electrons. The Bertz CT molecular complexity index is 1060. The Balaban J connectivity index is 1.42. The first-order valence-electron chi connectivity index (χ1n) is 9.85. The highest BCUT2D eigenvalue weighted by atomic mass is 16.5. The molecule has 1 aromatic carbocycles. The van der Waals surface area contributed by atoms with Crippen molar-refractivity contribution in [2.24, 2.45) is 5.73 Å². The average Bonchev–Trinajstić information content (AvgIpc) is 3.18. The number of ether oxygens (including phenoxy) is 1. The second-order valence-electron chi connectivity index (χ2n) is 7.93. The van der Waals surface area contributed by atoms with Gasteiger partial charge >= 0.3 is 6.03 Å². The molecule has 28 heavy (non-hydrogen) atoms. The molecule has 0 aliphatic carbocycles. The van der Waals surface area contributed by atoms with Crippen molar-refractivity contribution in [3.05, 3.63) is 53.9 Å². The Hall–Kier alpha value is -3.02. The molecule has 2 aliphatic heterocycles. The zero-order valence-corrected chi connectivity index (χ0v) is 16.0. The number of primary amides is 1. The maximum atomic E-state index is 11.4. The number of aryl methyl sites for hydroxylation is 2. The van der Waals surface area contributed by atoms with Crippen molar-refractivity contribution >= 4 is 11.5 Å². The summed E-state index contributed by atoms with van der Waals surface area (Å²) in [6.07, 6.45) is 5.48. The van der Waals surface area contributed by atoms with Crippen LogP contribution in [0, 0.1) is 6.92 Å². The van der Waals surface area contributed by atoms with Gasteiger partial charge in [-0.05, 0) is 55.2 Å². The summed E-state index contributed by atoms with van der Waals surface area (Å²) in [4.78, 5) is 13.1. The van der Waals surface area contributed by atoms with Crippen LogP contribution < -0.4 is 10.5 Å². The maximum Gasteiger partial charge on any atom is 0.314 e. The third-order valence-corrected chi connectivity index (χ3v) is 6.33. The SMILES string of the molecule is Cc1c(-c2ccc3c(c2)CCC2(CCN(C(N)=O)CC2)O3)ccc2ccnn12. The van der Waals surface area contributed by atoms with E-state index in [0.29, 0.717) is 13.1 Å². The van der Waals surface area contributed by atoms with E-state index in [9.17, 15) is 4.79 Å². The van der Waals surface area contributed by atoms with Gasteiger partial charge in [0.15, 0.2) is 0 Å². The molecule has 1 spiro atoms. The molecule has 2 aliphatic rings. The van der Waals surface area contributed by atoms with E-state index in [1.807, 2.05) is 16.8 Å². The van der Waals surface area contributed by atoms with Crippen LogP contribution in [0.15, 0.2) is 42.6 Å². The number of pyridine rings is 1. The van der Waals surface area contributed by atoms with E-state index in [1.165, 1.54) is 16.7 Å². The summed E-state index contributed by atoms with van der Waals surface area (Å²) in [5.41, 5.74) is 11.1. The van der Waals surface area contributed by atoms with Gasteiger partial charge in [-0.2, -0.15) is 5.10 Å². The number of carbonyl (C=O) groups is 1. The predicted octanol–water partition coefficient (Wildman–Crippen LogP) is 3.55. The summed E-state index contributed by atoms with van der Waals surface area (Å²) < 4.78 is 8.45. The fraction of sp³-hybridized carbons (Fsp3) is 0.364. The second-order valence-corrected chi connectivity index (χ2v) is 7.93. The number of hydrogen-bond acceptors (Lipinski definition) is 3. The Labute approximate surface area is 163 Å². The lowest BCUT2D eigenvalue weighted by Gasteiger charge is -2.44. The third-order valence-electron chi connectivity index (χ3n) is 6.33. The molecule has 0 bridgehead atoms. The predicted molar refractivity (Wildman–Crippen MR) is 107 cm³/mol. The zero-order valence-electron chi connectivity index (χ0n) is 16.0. The highest BCUT2D eigenvalue weighted by molar-refractivity contribution is 5.72. The topological polar surface area (TPSA) is 72.9 Å². The number of benzene rings is 1. The quantitative estimate of drug-likeness (QED) is 0.706. The molecule has 2 aromatic heterocycles. The van der Waals surface area contributed by atoms with Gasteiger partial charge in [0.2, 0.25) is 0 Å². The van der Waals surface area contributed by atoms with E-state index >= 15 is 0 Å². The van der Waals surface area contributed by atoms with E-state index in [-0.39, 0.29) is 11.6 Å². The molecule has 0 saturated carbocycles. The van der Waals surface area contributed by atoms with Crippen molar-refractivity contribution in [2.45, 2.75) is 38.2 Å². The van der Waals surface area contributed by atoms with E-state index in [0.717, 1.165) is 42.6 Å². The minimum atomic E-state index is -0.333. The molecular weight excluding hydrogens is 352 g/mol. The first-order valence-corrected chi connectivity index (χ1v) is 9.85. The molecule has 0 unspecified atom stereocenters. The van der Waals surface area contributed by atoms with Crippen LogP contribution in [0.25, 0.3) is 16.6 Å². The molecule has 0 radical (unpaired) electrons. The Morgan fingerprint density at radius 2 is 1.96 bits per heavy atom. The highest BCUT2D eigenvalue weighted by Gasteiger charge is 2.40. The van der Waals surface area contributed by atoms with Crippen molar-refractivity contribution in [3.63, 3.8) is 0 Å². The van der Waals surface area contributed by atoms with Gasteiger partial charge in [0, 0.05) is 43.4 Å². The lowest BCUT2D eigenvalue weighted by atomic mass is 9.82. The van der Waals surface area contributed by atoms with Gasteiger partial charge in [-0.1, -0.05) is 12.1 Å². The molecule has 0 atom stereocenters. The van der Waals surface area contributed by atoms with Gasteiger partial charge in [0.1, 0.15) is 11.4 Å². The molecule has 1 saturated heterocycles. The van der Waals surface area contributed by atoms with Crippen molar-refractivity contribution in [3.8, 4) is 16.9 Å². The minimum absolute atomic E-state index is 0.162. The fourth-order valence-corrected chi connectivity index (χ4v) is 4.60. The summed E-state index contributed by atoms with van der Waals surface area (Å²) in [5, 5.41) is 4.42. The van der Waals surface area contributed by atoms with Crippen LogP contribution in [0.3, 0.4) is 0 Å². The number of nitrogens with two attached hydrogens (primary N) is 1. The van der Waals surface area contributed by atoms with Crippen LogP contribution >= 0.6 is 0 Å². The van der Waals surface area contributed by atoms with Crippen molar-refractivity contribution in [1.82, 2.24) is 14.5 Å². The largest absolute Gasteiger partial charge is 0.487 e. The standard InChI is InChI=1S/C22H24N4O2/c1-15-19(4-3-18-7-11-24-26(15)18)16-2-5-20-17(14-16)6-8-22(28-20)9-12-25(13-10-22)21(23)27/h2-5,7,11,14H,6,8-10,12-13H2,1H3,(H2,23,27). The minimum Gasteiger partial charge on any atom is -0.487 e. The number of piperidine rings is 1. The molecule has 6 heteroatoms. The normalized spacial score (nSPS) is 18.1. The Kier molecular flexibility index (Phi) is 3.82. The Morgan fingerprint density at radius 1 is 1.14 bits per heavy atom. The molecule has 5 rings (SSSR count). The summed E-state index contributed by atoms with van der Waals surface area (Å²) in [7, 11) is 0. The summed E-state index contributed by atoms with van der Waals surface area (Å²) in [6, 6.07) is 12.4. The first kappa shape index (κ1) is 17.1. The first-order chi connectivity index (χ1) is 13.5. The van der Waals surface area contributed by atoms with Gasteiger partial charge in [0.05, 0.1) is 5.52 Å². The van der Waals surface area contributed by atoms with Gasteiger partial charge in [-0.15, -0.1) is 0 Å². The van der Waals surface area contributed by atoms with Crippen LogP contribution in [0.5, 0.6) is 5.75 Å². The number of nitrogens with zero attached hydrogens (tertiary/aromatic N) is 3. The van der Waals surface area contributed by atoms with E-state index in [4.69, 9.17) is 10.5 Å². The van der Waals surface area contributed by atoms with Crippen molar-refractivity contribution in [2.75, 3.05) is 13.1 Å². The monoisotopic (exact) mass is 376 g/mol. The second kappa shape index (κ2) is 6.26. The van der Waals surface area contributed by atoms with E-state index in [2.05, 4.69) is 42.4 Å². The summed E-state index contributed by atoms with van der Waals surface area (Å²) >= 11 is 0. The number of carbonyl (C=O) groups excluding carboxylic acids is 1. The highest BCUT2D eigenvalue weighted by Crippen LogP contribution is 2.41. The van der Waals surface area contributed by atoms with Gasteiger partial charge in [0.25, 0.3) is 0 Å². The van der Waals surface area contributed by atoms with E-state index < -0.39 is 0 Å². The van der Waals surface area contributed by atoms with Gasteiger partial charge in [-0.3, -0.25) is 0 Å².